The molecule has 0 unspecified atom stereocenters. The first-order valence-corrected chi connectivity index (χ1v) is 23.7. The second-order valence-corrected chi connectivity index (χ2v) is 17.6. The maximum Gasteiger partial charge on any atom is 0.159 e. The van der Waals surface area contributed by atoms with E-state index < -0.39 is 0 Å². The third-order valence-electron chi connectivity index (χ3n) is 13.2. The highest BCUT2D eigenvalue weighted by molar-refractivity contribution is 6.12. The highest BCUT2D eigenvalue weighted by atomic mass is 15.1. The zero-order valence-corrected chi connectivity index (χ0v) is 38.6. The number of anilines is 6. The van der Waals surface area contributed by atoms with Crippen molar-refractivity contribution in [3.63, 3.8) is 0 Å². The van der Waals surface area contributed by atoms with Gasteiger partial charge in [-0.15, -0.1) is 0 Å². The normalized spacial score (nSPS) is 11.2. The molecule has 0 saturated carbocycles. The molecule has 0 bridgehead atoms. The molecule has 0 N–H and O–H groups in total. The van der Waals surface area contributed by atoms with Gasteiger partial charge >= 0.3 is 0 Å². The Balaban J connectivity index is 0.949. The van der Waals surface area contributed by atoms with E-state index in [2.05, 4.69) is 246 Å². The van der Waals surface area contributed by atoms with E-state index in [1.54, 1.807) is 0 Å². The summed E-state index contributed by atoms with van der Waals surface area (Å²) < 4.78 is 2.42. The van der Waals surface area contributed by atoms with E-state index in [9.17, 15) is 0 Å². The van der Waals surface area contributed by atoms with Crippen molar-refractivity contribution in [3.8, 4) is 50.5 Å². The summed E-state index contributed by atoms with van der Waals surface area (Å²) in [5.41, 5.74) is 18.9. The highest BCUT2D eigenvalue weighted by Crippen LogP contribution is 2.41. The van der Waals surface area contributed by atoms with Crippen LogP contribution in [0.4, 0.5) is 34.1 Å². The van der Waals surface area contributed by atoms with Gasteiger partial charge in [-0.25, -0.2) is 9.97 Å². The third kappa shape index (κ3) is 8.06. The van der Waals surface area contributed by atoms with Crippen LogP contribution in [0.15, 0.2) is 267 Å². The van der Waals surface area contributed by atoms with Crippen molar-refractivity contribution >= 4 is 55.9 Å². The van der Waals surface area contributed by atoms with Crippen molar-refractivity contribution in [2.45, 2.75) is 6.92 Å². The number of hydrogen-bond acceptors (Lipinski definition) is 4. The molecule has 10 aromatic carbocycles. The predicted molar refractivity (Wildman–Crippen MR) is 292 cm³/mol. The molecular formula is C65H47N5. The van der Waals surface area contributed by atoms with Gasteiger partial charge in [0, 0.05) is 74.1 Å². The molecule has 0 aliphatic carbocycles. The maximum atomic E-state index is 4.74. The molecule has 0 aliphatic rings. The minimum Gasteiger partial charge on any atom is -0.311 e. The first-order valence-electron chi connectivity index (χ1n) is 23.7. The van der Waals surface area contributed by atoms with Gasteiger partial charge in [-0.3, -0.25) is 0 Å². The van der Waals surface area contributed by atoms with Crippen LogP contribution in [0, 0.1) is 6.92 Å². The summed E-state index contributed by atoms with van der Waals surface area (Å²) in [6, 6.07) is 90.8. The molecule has 0 amide bonds. The van der Waals surface area contributed by atoms with Gasteiger partial charge in [0.05, 0.1) is 11.0 Å². The Kier molecular flexibility index (Phi) is 11.1. The number of hydrogen-bond donors (Lipinski definition) is 0. The SMILES string of the molecule is Cc1cc(-c2cnc(-c3ccccc3)nc2)ccc1-n1c2ccc(-c3ccc(N(c4ccccc4)c4ccccc4)cc3)cc2c2cc(-c3ccc(N(c4ccccc4)c4ccccc4)cc3)ccc21. The monoisotopic (exact) mass is 897 g/mol. The van der Waals surface area contributed by atoms with Crippen molar-refractivity contribution in [1.82, 2.24) is 14.5 Å². The summed E-state index contributed by atoms with van der Waals surface area (Å²) in [6.45, 7) is 2.20. The predicted octanol–water partition coefficient (Wildman–Crippen LogP) is 17.5. The molecule has 70 heavy (non-hydrogen) atoms. The van der Waals surface area contributed by atoms with Crippen LogP contribution in [-0.2, 0) is 0 Å². The molecule has 2 aromatic heterocycles. The lowest BCUT2D eigenvalue weighted by Gasteiger charge is -2.25. The molecule has 5 nitrogen and oxygen atoms in total. The number of fused-ring (bicyclic) bond motifs is 3. The largest absolute Gasteiger partial charge is 0.311 e. The molecule has 0 saturated heterocycles. The third-order valence-corrected chi connectivity index (χ3v) is 13.2. The lowest BCUT2D eigenvalue weighted by Crippen LogP contribution is -2.09. The Morgan fingerprint density at radius 2 is 0.643 bits per heavy atom. The van der Waals surface area contributed by atoms with Crippen LogP contribution in [0.3, 0.4) is 0 Å². The van der Waals surface area contributed by atoms with Gasteiger partial charge in [0.25, 0.3) is 0 Å². The van der Waals surface area contributed by atoms with Crippen LogP contribution in [0.5, 0.6) is 0 Å². The topological polar surface area (TPSA) is 37.2 Å². The number of aryl methyl sites for hydroxylation is 1. The Hall–Kier alpha value is -9.32. The molecule has 2 heterocycles. The number of rotatable bonds is 11. The molecular weight excluding hydrogens is 851 g/mol. The van der Waals surface area contributed by atoms with E-state index in [0.29, 0.717) is 0 Å². The van der Waals surface area contributed by atoms with Crippen molar-refractivity contribution in [1.29, 1.82) is 0 Å². The fraction of sp³-hybridized carbons (Fsp3) is 0.0154. The van der Waals surface area contributed by atoms with Crippen LogP contribution in [0.2, 0.25) is 0 Å². The second-order valence-electron chi connectivity index (χ2n) is 17.6. The van der Waals surface area contributed by atoms with Crippen molar-refractivity contribution in [2.24, 2.45) is 0 Å². The van der Waals surface area contributed by atoms with E-state index in [4.69, 9.17) is 9.97 Å². The number of para-hydroxylation sites is 4. The number of aromatic nitrogens is 3. The quantitative estimate of drug-likeness (QED) is 0.130. The zero-order chi connectivity index (χ0) is 46.8. The molecule has 5 heteroatoms. The van der Waals surface area contributed by atoms with Gasteiger partial charge in [0.2, 0.25) is 0 Å². The van der Waals surface area contributed by atoms with E-state index >= 15 is 0 Å². The van der Waals surface area contributed by atoms with Crippen LogP contribution in [0.25, 0.3) is 72.3 Å². The number of benzene rings is 10. The molecule has 0 spiro atoms. The summed E-state index contributed by atoms with van der Waals surface area (Å²) in [6.07, 6.45) is 3.85. The summed E-state index contributed by atoms with van der Waals surface area (Å²) in [5, 5.41) is 2.39. The van der Waals surface area contributed by atoms with Gasteiger partial charge in [0.1, 0.15) is 0 Å². The molecule has 12 rings (SSSR count). The van der Waals surface area contributed by atoms with Crippen molar-refractivity contribution < 1.29 is 0 Å². The van der Waals surface area contributed by atoms with Gasteiger partial charge in [-0.05, 0) is 149 Å². The minimum atomic E-state index is 0.719. The van der Waals surface area contributed by atoms with Crippen molar-refractivity contribution in [2.75, 3.05) is 9.80 Å². The van der Waals surface area contributed by atoms with Crippen LogP contribution >= 0.6 is 0 Å². The summed E-state index contributed by atoms with van der Waals surface area (Å²) in [5.74, 6) is 0.719. The van der Waals surface area contributed by atoms with E-state index in [1.807, 2.05) is 42.7 Å². The van der Waals surface area contributed by atoms with Gasteiger partial charge < -0.3 is 14.4 Å². The zero-order valence-electron chi connectivity index (χ0n) is 38.6. The summed E-state index contributed by atoms with van der Waals surface area (Å²) in [7, 11) is 0. The van der Waals surface area contributed by atoms with Crippen LogP contribution in [0.1, 0.15) is 5.56 Å². The average molecular weight is 898 g/mol. The summed E-state index contributed by atoms with van der Waals surface area (Å²) >= 11 is 0. The van der Waals surface area contributed by atoms with E-state index in [-0.39, 0.29) is 0 Å². The first-order chi connectivity index (χ1) is 34.6. The standard InChI is InChI=1S/C65H47N5/c1-46-41-50(53-44-66-65(67-45-53)49-17-7-2-8-18-49)31-38-62(46)70-63-39-32-51(47-27-34-58(35-28-47)68(54-19-9-3-10-20-54)55-21-11-4-12-22-55)42-60(63)61-43-52(33-40-64(61)70)48-29-36-59(37-30-48)69(56-23-13-5-14-24-56)57-25-15-6-16-26-57/h2-45H,1H3. The Bertz CT molecular complexity index is 3460. The summed E-state index contributed by atoms with van der Waals surface area (Å²) in [4.78, 5) is 14.1. The fourth-order valence-corrected chi connectivity index (χ4v) is 9.75. The highest BCUT2D eigenvalue weighted by Gasteiger charge is 2.19. The maximum absolute atomic E-state index is 4.74. The molecule has 332 valence electrons. The second kappa shape index (κ2) is 18.4. The van der Waals surface area contributed by atoms with E-state index in [1.165, 1.54) is 10.8 Å². The molecule has 12 aromatic rings. The molecule has 0 atom stereocenters. The number of nitrogens with zero attached hydrogens (tertiary/aromatic N) is 5. The van der Waals surface area contributed by atoms with Crippen LogP contribution < -0.4 is 9.80 Å². The molecule has 0 aliphatic heterocycles. The first kappa shape index (κ1) is 42.1. The van der Waals surface area contributed by atoms with E-state index in [0.717, 1.165) is 101 Å². The minimum absolute atomic E-state index is 0.719. The average Bonchev–Trinajstić information content (AvgIpc) is 3.75. The van der Waals surface area contributed by atoms with Gasteiger partial charge in [-0.2, -0.15) is 0 Å². The smallest absolute Gasteiger partial charge is 0.159 e. The fourth-order valence-electron chi connectivity index (χ4n) is 9.75. The Labute approximate surface area is 408 Å². The molecule has 0 radical (unpaired) electrons. The lowest BCUT2D eigenvalue weighted by atomic mass is 9.99. The van der Waals surface area contributed by atoms with Gasteiger partial charge in [0.15, 0.2) is 5.82 Å². The van der Waals surface area contributed by atoms with Gasteiger partial charge in [-0.1, -0.05) is 146 Å². The van der Waals surface area contributed by atoms with Crippen molar-refractivity contribution in [3.05, 3.63) is 273 Å². The Morgan fingerprint density at radius 3 is 1.04 bits per heavy atom. The Morgan fingerprint density at radius 1 is 0.300 bits per heavy atom. The molecule has 0 fully saturated rings. The lowest BCUT2D eigenvalue weighted by molar-refractivity contribution is 1.15. The van der Waals surface area contributed by atoms with Crippen LogP contribution in [-0.4, -0.2) is 14.5 Å².